The van der Waals surface area contributed by atoms with Crippen molar-refractivity contribution in [1.82, 2.24) is 4.98 Å². The van der Waals surface area contributed by atoms with Crippen LogP contribution >= 0.6 is 0 Å². The minimum absolute atomic E-state index is 0.0292. The van der Waals surface area contributed by atoms with Gasteiger partial charge in [-0.05, 0) is 23.1 Å². The predicted octanol–water partition coefficient (Wildman–Crippen LogP) is 2.25. The lowest BCUT2D eigenvalue weighted by molar-refractivity contribution is -0.118. The van der Waals surface area contributed by atoms with Crippen molar-refractivity contribution in [3.8, 4) is 0 Å². The second kappa shape index (κ2) is 5.89. The number of carbonyl (C=O) groups excluding carboxylic acids is 1. The number of amides is 1. The summed E-state index contributed by atoms with van der Waals surface area (Å²) in [5.41, 5.74) is 0.861. The molecule has 1 aliphatic rings. The van der Waals surface area contributed by atoms with Crippen LogP contribution in [0.1, 0.15) is 25.3 Å². The molecule has 0 bridgehead atoms. The van der Waals surface area contributed by atoms with E-state index in [1.165, 1.54) is 24.4 Å². The van der Waals surface area contributed by atoms with Crippen LogP contribution in [0.2, 0.25) is 0 Å². The number of nitrogens with two attached hydrogens (primary N) is 1. The molecule has 1 aromatic heterocycles. The summed E-state index contributed by atoms with van der Waals surface area (Å²) in [4.78, 5) is 16.3. The van der Waals surface area contributed by atoms with E-state index in [2.05, 4.69) is 10.3 Å². The van der Waals surface area contributed by atoms with Gasteiger partial charge in [-0.2, -0.15) is 0 Å². The number of sulfonamides is 1. The first-order valence-corrected chi connectivity index (χ1v) is 9.19. The lowest BCUT2D eigenvalue weighted by atomic mass is 10.0. The number of nitrogens with one attached hydrogen (secondary N) is 1. The Morgan fingerprint density at radius 1 is 1.24 bits per heavy atom. The molecule has 2 atom stereocenters. The highest BCUT2D eigenvalue weighted by molar-refractivity contribution is 7.89. The highest BCUT2D eigenvalue weighted by atomic mass is 32.2. The molecule has 0 unspecified atom stereocenters. The summed E-state index contributed by atoms with van der Waals surface area (Å²) in [6.45, 7) is 3.92. The van der Waals surface area contributed by atoms with Gasteiger partial charge in [-0.3, -0.25) is 9.78 Å². The zero-order chi connectivity index (χ0) is 18.4. The fraction of sp³-hybridized carbons (Fsp3) is 0.294. The highest BCUT2D eigenvalue weighted by Crippen LogP contribution is 2.64. The molecular weight excluding hydrogens is 345 g/mol. The Balaban J connectivity index is 1.78. The van der Waals surface area contributed by atoms with Crippen LogP contribution in [0.5, 0.6) is 0 Å². The van der Waals surface area contributed by atoms with Gasteiger partial charge in [-0.1, -0.05) is 26.0 Å². The summed E-state index contributed by atoms with van der Waals surface area (Å²) in [5, 5.41) is 7.78. The fourth-order valence-electron chi connectivity index (χ4n) is 3.31. The van der Waals surface area contributed by atoms with Crippen molar-refractivity contribution in [3.63, 3.8) is 0 Å². The minimum atomic E-state index is -3.75. The predicted molar refractivity (Wildman–Crippen MR) is 90.7 cm³/mol. The van der Waals surface area contributed by atoms with Crippen LogP contribution in [-0.4, -0.2) is 19.3 Å². The summed E-state index contributed by atoms with van der Waals surface area (Å²) < 4.78 is 35.9. The number of benzene rings is 1. The summed E-state index contributed by atoms with van der Waals surface area (Å²) in [6, 6.07) is 7.41. The second-order valence-corrected chi connectivity index (χ2v) is 8.33. The van der Waals surface area contributed by atoms with Crippen molar-refractivity contribution in [2.75, 3.05) is 5.32 Å². The standard InChI is InChI=1S/C17H18FN3O3S/c1-17(2)14(10-3-5-13(6-4-10)25(19,23)24)15(17)16(22)21-12-7-11(18)8-20-9-12/h3-9,14-15H,1-2H3,(H,21,22)(H2,19,23,24)/t14-,15+/m0/s1. The molecule has 1 fully saturated rings. The number of anilines is 1. The summed E-state index contributed by atoms with van der Waals surface area (Å²) in [7, 11) is -3.75. The molecule has 0 saturated heterocycles. The van der Waals surface area contributed by atoms with Crippen molar-refractivity contribution in [1.29, 1.82) is 0 Å². The molecule has 25 heavy (non-hydrogen) atoms. The lowest BCUT2D eigenvalue weighted by Gasteiger charge is -2.05. The van der Waals surface area contributed by atoms with E-state index in [0.717, 1.165) is 11.8 Å². The quantitative estimate of drug-likeness (QED) is 0.869. The molecule has 1 aromatic carbocycles. The maximum Gasteiger partial charge on any atom is 0.238 e. The monoisotopic (exact) mass is 363 g/mol. The maximum absolute atomic E-state index is 13.2. The second-order valence-electron chi connectivity index (χ2n) is 6.77. The van der Waals surface area contributed by atoms with Crippen molar-refractivity contribution in [2.24, 2.45) is 16.5 Å². The number of pyridine rings is 1. The number of halogens is 1. The molecular formula is C17H18FN3O3S. The van der Waals surface area contributed by atoms with Crippen molar-refractivity contribution < 1.29 is 17.6 Å². The Morgan fingerprint density at radius 2 is 1.88 bits per heavy atom. The Bertz CT molecular complexity index is 926. The summed E-state index contributed by atoms with van der Waals surface area (Å²) >= 11 is 0. The van der Waals surface area contributed by atoms with Crippen LogP contribution in [0, 0.1) is 17.2 Å². The molecule has 0 radical (unpaired) electrons. The Labute approximate surface area is 145 Å². The van der Waals surface area contributed by atoms with Gasteiger partial charge in [0.1, 0.15) is 5.82 Å². The van der Waals surface area contributed by atoms with Gasteiger partial charge in [-0.15, -0.1) is 0 Å². The number of hydrogen-bond donors (Lipinski definition) is 2. The van der Waals surface area contributed by atoms with Gasteiger partial charge < -0.3 is 5.32 Å². The molecule has 3 rings (SSSR count). The van der Waals surface area contributed by atoms with E-state index in [9.17, 15) is 17.6 Å². The molecule has 132 valence electrons. The third-order valence-corrected chi connectivity index (χ3v) is 5.58. The molecule has 1 heterocycles. The minimum Gasteiger partial charge on any atom is -0.324 e. The molecule has 1 amide bonds. The van der Waals surface area contributed by atoms with Gasteiger partial charge in [0.2, 0.25) is 15.9 Å². The van der Waals surface area contributed by atoms with Gasteiger partial charge in [0.25, 0.3) is 0 Å². The fourth-order valence-corrected chi connectivity index (χ4v) is 3.83. The molecule has 8 heteroatoms. The third kappa shape index (κ3) is 3.40. The highest BCUT2D eigenvalue weighted by Gasteiger charge is 2.62. The van der Waals surface area contributed by atoms with E-state index in [0.29, 0.717) is 5.69 Å². The zero-order valence-electron chi connectivity index (χ0n) is 13.7. The first-order chi connectivity index (χ1) is 11.6. The van der Waals surface area contributed by atoms with Gasteiger partial charge in [0.15, 0.2) is 0 Å². The first-order valence-electron chi connectivity index (χ1n) is 7.65. The molecule has 1 saturated carbocycles. The van der Waals surface area contributed by atoms with Crippen molar-refractivity contribution in [3.05, 3.63) is 54.1 Å². The van der Waals surface area contributed by atoms with E-state index in [-0.39, 0.29) is 28.1 Å². The topological polar surface area (TPSA) is 102 Å². The normalized spacial score (nSPS) is 21.6. The maximum atomic E-state index is 13.2. The van der Waals surface area contributed by atoms with E-state index in [1.807, 2.05) is 13.8 Å². The lowest BCUT2D eigenvalue weighted by Crippen LogP contribution is -2.17. The molecule has 2 aromatic rings. The van der Waals surface area contributed by atoms with Crippen LogP contribution in [0.4, 0.5) is 10.1 Å². The number of aromatic nitrogens is 1. The molecule has 1 aliphatic carbocycles. The van der Waals surface area contributed by atoms with Gasteiger partial charge >= 0.3 is 0 Å². The molecule has 6 nitrogen and oxygen atoms in total. The number of nitrogens with zero attached hydrogens (tertiary/aromatic N) is 1. The van der Waals surface area contributed by atoms with Gasteiger partial charge in [0, 0.05) is 12.0 Å². The first kappa shape index (κ1) is 17.5. The average Bonchev–Trinajstić information content (AvgIpc) is 3.09. The van der Waals surface area contributed by atoms with Gasteiger partial charge in [0.05, 0.1) is 28.9 Å². The molecule has 3 N–H and O–H groups in total. The number of primary sulfonamides is 1. The summed E-state index contributed by atoms with van der Waals surface area (Å²) in [6.07, 6.45) is 2.44. The Kier molecular flexibility index (Phi) is 4.12. The smallest absolute Gasteiger partial charge is 0.238 e. The van der Waals surface area contributed by atoms with E-state index in [1.54, 1.807) is 12.1 Å². The number of rotatable bonds is 4. The van der Waals surface area contributed by atoms with E-state index >= 15 is 0 Å². The van der Waals surface area contributed by atoms with Crippen LogP contribution < -0.4 is 10.5 Å². The van der Waals surface area contributed by atoms with Crippen molar-refractivity contribution in [2.45, 2.75) is 24.7 Å². The van der Waals surface area contributed by atoms with Crippen molar-refractivity contribution >= 4 is 21.6 Å². The Hall–Kier alpha value is -2.32. The zero-order valence-corrected chi connectivity index (χ0v) is 14.5. The van der Waals surface area contributed by atoms with Crippen LogP contribution in [-0.2, 0) is 14.8 Å². The van der Waals surface area contributed by atoms with E-state index in [4.69, 9.17) is 5.14 Å². The van der Waals surface area contributed by atoms with E-state index < -0.39 is 15.8 Å². The van der Waals surface area contributed by atoms with Crippen LogP contribution in [0.25, 0.3) is 0 Å². The number of hydrogen-bond acceptors (Lipinski definition) is 4. The average molecular weight is 363 g/mol. The van der Waals surface area contributed by atoms with Crippen LogP contribution in [0.15, 0.2) is 47.6 Å². The SMILES string of the molecule is CC1(C)[C@@H](C(=O)Nc2cncc(F)c2)[C@@H]1c1ccc(S(N)(=O)=O)cc1. The van der Waals surface area contributed by atoms with Gasteiger partial charge in [-0.25, -0.2) is 17.9 Å². The summed E-state index contributed by atoms with van der Waals surface area (Å²) in [5.74, 6) is -1.12. The largest absolute Gasteiger partial charge is 0.324 e. The third-order valence-electron chi connectivity index (χ3n) is 4.65. The molecule has 0 spiro atoms. The molecule has 0 aliphatic heterocycles. The van der Waals surface area contributed by atoms with Crippen LogP contribution in [0.3, 0.4) is 0 Å². The Morgan fingerprint density at radius 3 is 2.44 bits per heavy atom. The number of carbonyl (C=O) groups is 1.